The van der Waals surface area contributed by atoms with Crippen LogP contribution < -0.4 is 5.32 Å². The number of likely N-dealkylation sites (N-methyl/N-ethyl adjacent to an activating group) is 1. The van der Waals surface area contributed by atoms with Crippen molar-refractivity contribution in [2.24, 2.45) is 5.92 Å². The fraction of sp³-hybridized carbons (Fsp3) is 0.667. The van der Waals surface area contributed by atoms with Gasteiger partial charge in [0, 0.05) is 31.4 Å². The smallest absolute Gasteiger partial charge is 0.0543 e. The molecule has 0 aliphatic heterocycles. The van der Waals surface area contributed by atoms with Crippen LogP contribution in [0.3, 0.4) is 0 Å². The Hall–Kier alpha value is -0.930. The molecule has 100 valence electrons. The van der Waals surface area contributed by atoms with Gasteiger partial charge in [-0.05, 0) is 37.9 Å². The average Bonchev–Trinajstić information content (AvgIpc) is 3.14. The highest BCUT2D eigenvalue weighted by molar-refractivity contribution is 5.03. The molecule has 2 rings (SSSR count). The van der Waals surface area contributed by atoms with E-state index in [0.717, 1.165) is 24.8 Å². The Morgan fingerprint density at radius 1 is 1.39 bits per heavy atom. The van der Waals surface area contributed by atoms with Gasteiger partial charge in [-0.25, -0.2) is 0 Å². The maximum absolute atomic E-state index is 4.41. The van der Waals surface area contributed by atoms with Gasteiger partial charge in [0.15, 0.2) is 0 Å². The molecule has 1 aliphatic carbocycles. The van der Waals surface area contributed by atoms with Crippen molar-refractivity contribution in [2.75, 3.05) is 13.6 Å². The summed E-state index contributed by atoms with van der Waals surface area (Å²) in [6, 6.07) is 7.49. The van der Waals surface area contributed by atoms with E-state index in [9.17, 15) is 0 Å². The minimum atomic E-state index is 0.576. The summed E-state index contributed by atoms with van der Waals surface area (Å²) in [5, 5.41) is 3.64. The lowest BCUT2D eigenvalue weighted by Crippen LogP contribution is -2.43. The van der Waals surface area contributed by atoms with E-state index < -0.39 is 0 Å². The third kappa shape index (κ3) is 4.07. The Bertz CT molecular complexity index is 346. The first kappa shape index (κ1) is 13.5. The molecule has 0 spiro atoms. The van der Waals surface area contributed by atoms with E-state index in [1.165, 1.54) is 12.8 Å². The van der Waals surface area contributed by atoms with Crippen molar-refractivity contribution < 1.29 is 0 Å². The van der Waals surface area contributed by atoms with Crippen LogP contribution in [0.4, 0.5) is 0 Å². The van der Waals surface area contributed by atoms with E-state index in [-0.39, 0.29) is 0 Å². The van der Waals surface area contributed by atoms with E-state index >= 15 is 0 Å². The predicted octanol–water partition coefficient (Wildman–Crippen LogP) is 2.29. The second kappa shape index (κ2) is 6.30. The number of aromatic nitrogens is 1. The Balaban J connectivity index is 1.87. The lowest BCUT2D eigenvalue weighted by molar-refractivity contribution is 0.177. The number of nitrogens with zero attached hydrogens (tertiary/aromatic N) is 2. The molecule has 1 saturated carbocycles. The van der Waals surface area contributed by atoms with E-state index in [1.54, 1.807) is 0 Å². The topological polar surface area (TPSA) is 28.2 Å². The molecule has 18 heavy (non-hydrogen) atoms. The Kier molecular flexibility index (Phi) is 4.72. The highest BCUT2D eigenvalue weighted by Crippen LogP contribution is 2.20. The Morgan fingerprint density at radius 2 is 2.17 bits per heavy atom. The third-order valence-electron chi connectivity index (χ3n) is 3.67. The highest BCUT2D eigenvalue weighted by Gasteiger charge is 2.25. The number of nitrogens with one attached hydrogen (secondary N) is 1. The van der Waals surface area contributed by atoms with E-state index in [2.05, 4.69) is 48.2 Å². The van der Waals surface area contributed by atoms with Gasteiger partial charge in [-0.2, -0.15) is 0 Å². The van der Waals surface area contributed by atoms with Gasteiger partial charge >= 0.3 is 0 Å². The zero-order valence-electron chi connectivity index (χ0n) is 11.8. The zero-order chi connectivity index (χ0) is 13.0. The lowest BCUT2D eigenvalue weighted by Gasteiger charge is -2.31. The molecule has 1 fully saturated rings. The van der Waals surface area contributed by atoms with Crippen LogP contribution in [0, 0.1) is 5.92 Å². The van der Waals surface area contributed by atoms with Gasteiger partial charge in [0.05, 0.1) is 5.69 Å². The molecule has 1 heterocycles. The monoisotopic (exact) mass is 247 g/mol. The van der Waals surface area contributed by atoms with Gasteiger partial charge in [0.1, 0.15) is 0 Å². The molecule has 0 amide bonds. The molecule has 3 nitrogen and oxygen atoms in total. The van der Waals surface area contributed by atoms with E-state index in [1.807, 2.05) is 12.3 Å². The fourth-order valence-electron chi connectivity index (χ4n) is 2.34. The Morgan fingerprint density at radius 3 is 2.72 bits per heavy atom. The van der Waals surface area contributed by atoms with E-state index in [4.69, 9.17) is 0 Å². The van der Waals surface area contributed by atoms with Crippen LogP contribution in [0.25, 0.3) is 0 Å². The standard InChI is InChI=1S/C15H25N3/c1-12(2)15(10-17-13-7-8-13)18(3)11-14-6-4-5-9-16-14/h4-6,9,12-13,15,17H,7-8,10-11H2,1-3H3. The summed E-state index contributed by atoms with van der Waals surface area (Å²) in [4.78, 5) is 6.82. The summed E-state index contributed by atoms with van der Waals surface area (Å²) in [6.45, 7) is 6.62. The summed E-state index contributed by atoms with van der Waals surface area (Å²) < 4.78 is 0. The van der Waals surface area contributed by atoms with Crippen molar-refractivity contribution in [1.82, 2.24) is 15.2 Å². The molecule has 1 aromatic rings. The van der Waals surface area contributed by atoms with Crippen LogP contribution in [0.1, 0.15) is 32.4 Å². The van der Waals surface area contributed by atoms with Crippen LogP contribution in [0.15, 0.2) is 24.4 Å². The molecule has 0 radical (unpaired) electrons. The lowest BCUT2D eigenvalue weighted by atomic mass is 10.0. The Labute approximate surface area is 111 Å². The second-order valence-electron chi connectivity index (χ2n) is 5.73. The van der Waals surface area contributed by atoms with Crippen LogP contribution in [0.2, 0.25) is 0 Å². The van der Waals surface area contributed by atoms with Gasteiger partial charge in [-0.3, -0.25) is 9.88 Å². The highest BCUT2D eigenvalue weighted by atomic mass is 15.2. The minimum absolute atomic E-state index is 0.576. The summed E-state index contributed by atoms with van der Waals surface area (Å²) in [7, 11) is 2.20. The first-order valence-electron chi connectivity index (χ1n) is 7.00. The number of hydrogen-bond donors (Lipinski definition) is 1. The third-order valence-corrected chi connectivity index (χ3v) is 3.67. The molecule has 3 heteroatoms. The molecule has 1 unspecified atom stereocenters. The normalized spacial score (nSPS) is 17.4. The molecular weight excluding hydrogens is 222 g/mol. The maximum Gasteiger partial charge on any atom is 0.0543 e. The van der Waals surface area contributed by atoms with Gasteiger partial charge < -0.3 is 5.32 Å². The largest absolute Gasteiger partial charge is 0.312 e. The summed E-state index contributed by atoms with van der Waals surface area (Å²) in [5.74, 6) is 0.657. The number of pyridine rings is 1. The molecule has 1 aromatic heterocycles. The summed E-state index contributed by atoms with van der Waals surface area (Å²) >= 11 is 0. The second-order valence-corrected chi connectivity index (χ2v) is 5.73. The van der Waals surface area contributed by atoms with Crippen molar-refractivity contribution >= 4 is 0 Å². The van der Waals surface area contributed by atoms with Crippen LogP contribution >= 0.6 is 0 Å². The SMILES string of the molecule is CC(C)C(CNC1CC1)N(C)Cc1ccccn1. The quantitative estimate of drug-likeness (QED) is 0.801. The van der Waals surface area contributed by atoms with E-state index in [0.29, 0.717) is 12.0 Å². The van der Waals surface area contributed by atoms with Crippen LogP contribution in [-0.4, -0.2) is 35.6 Å². The van der Waals surface area contributed by atoms with Crippen molar-refractivity contribution in [1.29, 1.82) is 0 Å². The maximum atomic E-state index is 4.41. The molecule has 1 atom stereocenters. The first-order chi connectivity index (χ1) is 8.66. The van der Waals surface area contributed by atoms with Gasteiger partial charge in [-0.1, -0.05) is 19.9 Å². The van der Waals surface area contributed by atoms with Crippen LogP contribution in [0.5, 0.6) is 0 Å². The molecule has 0 aromatic carbocycles. The number of rotatable bonds is 7. The number of hydrogen-bond acceptors (Lipinski definition) is 3. The molecule has 1 aliphatic rings. The van der Waals surface area contributed by atoms with Crippen molar-refractivity contribution in [3.05, 3.63) is 30.1 Å². The molecule has 0 saturated heterocycles. The van der Waals surface area contributed by atoms with Crippen molar-refractivity contribution in [3.8, 4) is 0 Å². The molecule has 1 N–H and O–H groups in total. The molecule has 0 bridgehead atoms. The van der Waals surface area contributed by atoms with Crippen molar-refractivity contribution in [3.63, 3.8) is 0 Å². The van der Waals surface area contributed by atoms with Gasteiger partial charge in [-0.15, -0.1) is 0 Å². The summed E-state index contributed by atoms with van der Waals surface area (Å²) in [6.07, 6.45) is 4.58. The average molecular weight is 247 g/mol. The van der Waals surface area contributed by atoms with Gasteiger partial charge in [0.2, 0.25) is 0 Å². The predicted molar refractivity (Wildman–Crippen MR) is 75.4 cm³/mol. The van der Waals surface area contributed by atoms with Crippen LogP contribution in [-0.2, 0) is 6.54 Å². The first-order valence-corrected chi connectivity index (χ1v) is 7.00. The zero-order valence-corrected chi connectivity index (χ0v) is 11.8. The fourth-order valence-corrected chi connectivity index (χ4v) is 2.34. The minimum Gasteiger partial charge on any atom is -0.312 e. The summed E-state index contributed by atoms with van der Waals surface area (Å²) in [5.41, 5.74) is 1.15. The van der Waals surface area contributed by atoms with Gasteiger partial charge in [0.25, 0.3) is 0 Å². The van der Waals surface area contributed by atoms with Crippen molar-refractivity contribution in [2.45, 2.75) is 45.3 Å². The molecular formula is C15H25N3.